The van der Waals surface area contributed by atoms with Crippen LogP contribution in [-0.4, -0.2) is 30.3 Å². The molecular formula is C22H27ClN2O2. The summed E-state index contributed by atoms with van der Waals surface area (Å²) in [5.41, 5.74) is 2.80. The molecule has 27 heavy (non-hydrogen) atoms. The zero-order valence-corrected chi connectivity index (χ0v) is 17.1. The Kier molecular flexibility index (Phi) is 7.03. The zero-order chi connectivity index (χ0) is 20.0. The van der Waals surface area contributed by atoms with Crippen LogP contribution < -0.4 is 5.32 Å². The Balaban J connectivity index is 1.81. The molecule has 0 saturated heterocycles. The van der Waals surface area contributed by atoms with Crippen molar-refractivity contribution in [2.75, 3.05) is 13.6 Å². The number of hydrogen-bond donors (Lipinski definition) is 1. The van der Waals surface area contributed by atoms with E-state index in [0.717, 1.165) is 5.56 Å². The molecule has 0 spiro atoms. The summed E-state index contributed by atoms with van der Waals surface area (Å²) in [6.45, 7) is 7.19. The van der Waals surface area contributed by atoms with Gasteiger partial charge in [0.2, 0.25) is 5.91 Å². The molecular weight excluding hydrogens is 360 g/mol. The lowest BCUT2D eigenvalue weighted by Gasteiger charge is -2.19. The van der Waals surface area contributed by atoms with Gasteiger partial charge in [0.05, 0.1) is 0 Å². The molecule has 0 aromatic heterocycles. The number of rotatable bonds is 6. The van der Waals surface area contributed by atoms with Gasteiger partial charge in [0.1, 0.15) is 0 Å². The van der Waals surface area contributed by atoms with E-state index in [1.54, 1.807) is 18.0 Å². The molecule has 2 aromatic carbocycles. The highest BCUT2D eigenvalue weighted by Gasteiger charge is 2.15. The van der Waals surface area contributed by atoms with E-state index >= 15 is 0 Å². The van der Waals surface area contributed by atoms with Crippen molar-refractivity contribution in [1.82, 2.24) is 10.2 Å². The first-order valence-electron chi connectivity index (χ1n) is 9.04. The van der Waals surface area contributed by atoms with Crippen LogP contribution in [0.15, 0.2) is 48.5 Å². The van der Waals surface area contributed by atoms with E-state index in [1.807, 2.05) is 42.5 Å². The minimum Gasteiger partial charge on any atom is -0.352 e. The summed E-state index contributed by atoms with van der Waals surface area (Å²) in [5, 5.41) is 3.46. The molecule has 0 aliphatic rings. The van der Waals surface area contributed by atoms with Gasteiger partial charge in [-0.3, -0.25) is 9.59 Å². The maximum atomic E-state index is 12.2. The van der Waals surface area contributed by atoms with Crippen LogP contribution in [0.4, 0.5) is 0 Å². The molecule has 1 N–H and O–H groups in total. The molecule has 0 heterocycles. The predicted molar refractivity (Wildman–Crippen MR) is 110 cm³/mol. The molecule has 0 fully saturated rings. The van der Waals surface area contributed by atoms with Crippen molar-refractivity contribution < 1.29 is 9.59 Å². The first-order chi connectivity index (χ1) is 12.7. The normalized spacial score (nSPS) is 11.1. The number of amides is 2. The second kappa shape index (κ2) is 9.05. The largest absolute Gasteiger partial charge is 0.352 e. The molecule has 2 aromatic rings. The molecule has 2 rings (SSSR count). The van der Waals surface area contributed by atoms with Gasteiger partial charge in [-0.1, -0.05) is 56.6 Å². The van der Waals surface area contributed by atoms with Gasteiger partial charge in [-0.2, -0.15) is 0 Å². The van der Waals surface area contributed by atoms with Gasteiger partial charge in [0.15, 0.2) is 0 Å². The first-order valence-corrected chi connectivity index (χ1v) is 9.42. The SMILES string of the molecule is CN(Cc1cccc(Cl)c1)C(=O)CCNC(=O)c1ccc(C(C)(C)C)cc1. The van der Waals surface area contributed by atoms with Crippen molar-refractivity contribution in [3.63, 3.8) is 0 Å². The van der Waals surface area contributed by atoms with Crippen molar-refractivity contribution in [1.29, 1.82) is 0 Å². The van der Waals surface area contributed by atoms with E-state index in [4.69, 9.17) is 11.6 Å². The first kappa shape index (κ1) is 21.0. The number of nitrogens with one attached hydrogen (secondary N) is 1. The fraction of sp³-hybridized carbons (Fsp3) is 0.364. The number of carbonyl (C=O) groups is 2. The van der Waals surface area contributed by atoms with E-state index in [1.165, 1.54) is 5.56 Å². The molecule has 0 atom stereocenters. The van der Waals surface area contributed by atoms with Gasteiger partial charge in [0, 0.05) is 37.1 Å². The summed E-state index contributed by atoms with van der Waals surface area (Å²) < 4.78 is 0. The molecule has 0 saturated carbocycles. The Hall–Kier alpha value is -2.33. The van der Waals surface area contributed by atoms with Crippen molar-refractivity contribution in [2.24, 2.45) is 0 Å². The molecule has 5 heteroatoms. The maximum absolute atomic E-state index is 12.2. The lowest BCUT2D eigenvalue weighted by Crippen LogP contribution is -2.31. The van der Waals surface area contributed by atoms with Crippen LogP contribution in [0.5, 0.6) is 0 Å². The maximum Gasteiger partial charge on any atom is 0.251 e. The van der Waals surface area contributed by atoms with Crippen LogP contribution in [0, 0.1) is 0 Å². The van der Waals surface area contributed by atoms with Gasteiger partial charge in [-0.25, -0.2) is 0 Å². The third-order valence-corrected chi connectivity index (χ3v) is 4.61. The number of benzene rings is 2. The van der Waals surface area contributed by atoms with Gasteiger partial charge in [-0.15, -0.1) is 0 Å². The Morgan fingerprint density at radius 2 is 1.74 bits per heavy atom. The Morgan fingerprint density at radius 3 is 2.33 bits per heavy atom. The highest BCUT2D eigenvalue weighted by Crippen LogP contribution is 2.22. The Labute approximate surface area is 166 Å². The van der Waals surface area contributed by atoms with E-state index in [2.05, 4.69) is 26.1 Å². The number of halogens is 1. The van der Waals surface area contributed by atoms with E-state index in [9.17, 15) is 9.59 Å². The fourth-order valence-electron chi connectivity index (χ4n) is 2.69. The molecule has 2 amide bonds. The zero-order valence-electron chi connectivity index (χ0n) is 16.4. The minimum absolute atomic E-state index is 0.0293. The van der Waals surface area contributed by atoms with Gasteiger partial charge >= 0.3 is 0 Å². The van der Waals surface area contributed by atoms with Crippen molar-refractivity contribution in [3.05, 3.63) is 70.2 Å². The van der Waals surface area contributed by atoms with Gasteiger partial charge in [-0.05, 0) is 40.8 Å². The lowest BCUT2D eigenvalue weighted by atomic mass is 9.87. The number of carbonyl (C=O) groups excluding carboxylic acids is 2. The van der Waals surface area contributed by atoms with Crippen molar-refractivity contribution >= 4 is 23.4 Å². The van der Waals surface area contributed by atoms with E-state index < -0.39 is 0 Å². The van der Waals surface area contributed by atoms with Crippen LogP contribution in [0.25, 0.3) is 0 Å². The highest BCUT2D eigenvalue weighted by atomic mass is 35.5. The number of nitrogens with zero attached hydrogens (tertiary/aromatic N) is 1. The lowest BCUT2D eigenvalue weighted by molar-refractivity contribution is -0.130. The topological polar surface area (TPSA) is 49.4 Å². The minimum atomic E-state index is -0.166. The molecule has 0 radical (unpaired) electrons. The van der Waals surface area contributed by atoms with Crippen LogP contribution in [0.2, 0.25) is 5.02 Å². The summed E-state index contributed by atoms with van der Waals surface area (Å²) in [7, 11) is 1.75. The second-order valence-corrected chi connectivity index (χ2v) is 8.15. The van der Waals surface area contributed by atoms with Crippen molar-refractivity contribution in [2.45, 2.75) is 39.2 Å². The Bertz CT molecular complexity index is 795. The summed E-state index contributed by atoms with van der Waals surface area (Å²) in [5.74, 6) is -0.195. The second-order valence-electron chi connectivity index (χ2n) is 7.71. The van der Waals surface area contributed by atoms with Crippen LogP contribution in [-0.2, 0) is 16.8 Å². The average molecular weight is 387 g/mol. The third kappa shape index (κ3) is 6.40. The standard InChI is InChI=1S/C22H27ClN2O2/c1-22(2,3)18-10-8-17(9-11-18)21(27)24-13-12-20(26)25(4)15-16-6-5-7-19(23)14-16/h5-11,14H,12-13,15H2,1-4H3,(H,24,27). The number of hydrogen-bond acceptors (Lipinski definition) is 2. The summed E-state index contributed by atoms with van der Waals surface area (Å²) in [4.78, 5) is 26.1. The Morgan fingerprint density at radius 1 is 1.07 bits per heavy atom. The molecule has 0 aliphatic carbocycles. The third-order valence-electron chi connectivity index (χ3n) is 4.37. The van der Waals surface area contributed by atoms with Crippen LogP contribution >= 0.6 is 11.6 Å². The summed E-state index contributed by atoms with van der Waals surface area (Å²) >= 11 is 5.97. The van der Waals surface area contributed by atoms with Crippen molar-refractivity contribution in [3.8, 4) is 0 Å². The quantitative estimate of drug-likeness (QED) is 0.799. The predicted octanol–water partition coefficient (Wildman–Crippen LogP) is 4.42. The van der Waals surface area contributed by atoms with E-state index in [-0.39, 0.29) is 23.7 Å². The van der Waals surface area contributed by atoms with Crippen LogP contribution in [0.3, 0.4) is 0 Å². The van der Waals surface area contributed by atoms with E-state index in [0.29, 0.717) is 23.7 Å². The smallest absolute Gasteiger partial charge is 0.251 e. The average Bonchev–Trinajstić information content (AvgIpc) is 2.61. The summed E-state index contributed by atoms with van der Waals surface area (Å²) in [6, 6.07) is 15.0. The fourth-order valence-corrected chi connectivity index (χ4v) is 2.91. The molecule has 0 bridgehead atoms. The van der Waals surface area contributed by atoms with Crippen LogP contribution in [0.1, 0.15) is 48.7 Å². The molecule has 0 aliphatic heterocycles. The van der Waals surface area contributed by atoms with Gasteiger partial charge < -0.3 is 10.2 Å². The molecule has 4 nitrogen and oxygen atoms in total. The van der Waals surface area contributed by atoms with Gasteiger partial charge in [0.25, 0.3) is 5.91 Å². The molecule has 144 valence electrons. The monoisotopic (exact) mass is 386 g/mol. The summed E-state index contributed by atoms with van der Waals surface area (Å²) in [6.07, 6.45) is 0.253. The highest BCUT2D eigenvalue weighted by molar-refractivity contribution is 6.30. The molecule has 0 unspecified atom stereocenters.